The van der Waals surface area contributed by atoms with E-state index in [2.05, 4.69) is 0 Å². The van der Waals surface area contributed by atoms with Crippen LogP contribution in [0.5, 0.6) is 0 Å². The minimum Gasteiger partial charge on any atom is -0.457 e. The van der Waals surface area contributed by atoms with Gasteiger partial charge in [-0.1, -0.05) is 0 Å². The molecular formula is C9H7ClN2O2. The van der Waals surface area contributed by atoms with E-state index in [0.29, 0.717) is 0 Å². The van der Waals surface area contributed by atoms with Gasteiger partial charge in [0.2, 0.25) is 5.91 Å². The van der Waals surface area contributed by atoms with Crippen LogP contribution < -0.4 is 5.32 Å². The molecule has 0 aliphatic heterocycles. The summed E-state index contributed by atoms with van der Waals surface area (Å²) in [5.74, 6) is -0.628. The van der Waals surface area contributed by atoms with Crippen LogP contribution in [0.2, 0.25) is 0 Å². The summed E-state index contributed by atoms with van der Waals surface area (Å²) in [5.41, 5.74) is 1.94. The number of nitrogens with zero attached hydrogens (tertiary/aromatic N) is 1. The zero-order valence-electron chi connectivity index (χ0n) is 7.16. The van der Waals surface area contributed by atoms with Gasteiger partial charge in [-0.25, -0.2) is 0 Å². The molecule has 1 N–H and O–H groups in total. The lowest BCUT2D eigenvalue weighted by Crippen LogP contribution is -2.17. The summed E-state index contributed by atoms with van der Waals surface area (Å²) in [4.78, 5) is 9.95. The van der Waals surface area contributed by atoms with Gasteiger partial charge in [-0.15, -0.1) is 11.6 Å². The zero-order chi connectivity index (χ0) is 10.4. The van der Waals surface area contributed by atoms with Crippen molar-refractivity contribution in [2.24, 2.45) is 0 Å². The van der Waals surface area contributed by atoms with Crippen LogP contribution in [0.25, 0.3) is 11.2 Å². The summed E-state index contributed by atoms with van der Waals surface area (Å²) >= 11 is 4.97. The molecule has 0 spiro atoms. The maximum Gasteiger partial charge on any atom is 0.247 e. The fourth-order valence-electron chi connectivity index (χ4n) is 0.808. The summed E-state index contributed by atoms with van der Waals surface area (Å²) in [5, 5.41) is 9.56. The lowest BCUT2D eigenvalue weighted by atomic mass is 10.4. The van der Waals surface area contributed by atoms with Gasteiger partial charge in [0.1, 0.15) is 17.0 Å². The Labute approximate surface area is 85.4 Å². The first kappa shape index (κ1) is 10.4. The van der Waals surface area contributed by atoms with Crippen molar-refractivity contribution in [2.45, 2.75) is 0 Å². The largest absolute Gasteiger partial charge is 0.457 e. The van der Waals surface area contributed by atoms with Crippen molar-refractivity contribution >= 4 is 28.7 Å². The highest BCUT2D eigenvalue weighted by molar-refractivity contribution is 6.27. The molecule has 0 radical (unpaired) electrons. The van der Waals surface area contributed by atoms with Crippen LogP contribution in [-0.2, 0) is 4.79 Å². The molecule has 2 aromatic rings. The van der Waals surface area contributed by atoms with Crippen molar-refractivity contribution in [1.29, 1.82) is 5.26 Å². The number of carbonyl (C=O) groups is 1. The normalized spacial score (nSPS) is 8.86. The van der Waals surface area contributed by atoms with Crippen LogP contribution in [-0.4, -0.2) is 11.8 Å². The van der Waals surface area contributed by atoms with E-state index >= 15 is 0 Å². The van der Waals surface area contributed by atoms with Gasteiger partial charge in [-0.3, -0.25) is 10.1 Å². The van der Waals surface area contributed by atoms with Crippen molar-refractivity contribution in [1.82, 2.24) is 5.32 Å². The van der Waals surface area contributed by atoms with Gasteiger partial charge in [0.25, 0.3) is 0 Å². The topological polar surface area (TPSA) is 66.0 Å². The van der Waals surface area contributed by atoms with E-state index in [4.69, 9.17) is 21.3 Å². The monoisotopic (exact) mass is 210 g/mol. The summed E-state index contributed by atoms with van der Waals surface area (Å²) < 4.78 is 5.08. The Morgan fingerprint density at radius 2 is 1.93 bits per heavy atom. The third-order valence-corrected chi connectivity index (χ3v) is 1.62. The van der Waals surface area contributed by atoms with E-state index in [1.807, 2.05) is 29.6 Å². The van der Waals surface area contributed by atoms with E-state index in [-0.39, 0.29) is 5.88 Å². The smallest absolute Gasteiger partial charge is 0.247 e. The molecule has 0 unspecified atom stereocenters. The van der Waals surface area contributed by atoms with Crippen LogP contribution >= 0.6 is 11.6 Å². The predicted octanol–water partition coefficient (Wildman–Crippen LogP) is 1.69. The average molecular weight is 211 g/mol. The molecule has 0 aromatic carbocycles. The maximum absolute atomic E-state index is 9.95. The quantitative estimate of drug-likeness (QED) is 0.443. The first-order chi connectivity index (χ1) is 6.76. The maximum atomic E-state index is 9.95. The molecule has 14 heavy (non-hydrogen) atoms. The number of carbonyl (C=O) groups excluding carboxylic acids is 1. The number of hydrogen-bond acceptors (Lipinski definition) is 3. The molecule has 0 aliphatic carbocycles. The minimum atomic E-state index is -0.468. The van der Waals surface area contributed by atoms with E-state index in [1.54, 1.807) is 0 Å². The molecule has 1 amide bonds. The van der Waals surface area contributed by atoms with E-state index < -0.39 is 5.91 Å². The second kappa shape index (κ2) is 5.10. The van der Waals surface area contributed by atoms with Gasteiger partial charge in [-0.05, 0) is 24.3 Å². The van der Waals surface area contributed by atoms with Crippen LogP contribution in [0, 0.1) is 11.5 Å². The average Bonchev–Trinajstić information content (AvgIpc) is 2.82. The third kappa shape index (κ3) is 2.96. The number of nitriles is 1. The zero-order valence-corrected chi connectivity index (χ0v) is 7.91. The molecule has 2 bridgehead atoms. The molecule has 72 valence electrons. The SMILES string of the molecule is N#CNC(=O)CCl.c1cc2ccc1o2. The van der Waals surface area contributed by atoms with Gasteiger partial charge in [-0.2, -0.15) is 5.26 Å². The summed E-state index contributed by atoms with van der Waals surface area (Å²) in [6.07, 6.45) is 1.43. The molecule has 0 saturated heterocycles. The Kier molecular flexibility index (Phi) is 3.77. The number of amides is 1. The molecule has 5 heteroatoms. The molecular weight excluding hydrogens is 204 g/mol. The lowest BCUT2D eigenvalue weighted by molar-refractivity contribution is -0.117. The Morgan fingerprint density at radius 1 is 1.43 bits per heavy atom. The Morgan fingerprint density at radius 3 is 2.07 bits per heavy atom. The first-order valence-corrected chi connectivity index (χ1v) is 4.31. The lowest BCUT2D eigenvalue weighted by Gasteiger charge is -1.82. The summed E-state index contributed by atoms with van der Waals surface area (Å²) in [6.45, 7) is 0. The predicted molar refractivity (Wildman–Crippen MR) is 51.9 cm³/mol. The van der Waals surface area contributed by atoms with Gasteiger partial charge >= 0.3 is 0 Å². The van der Waals surface area contributed by atoms with Crippen molar-refractivity contribution in [3.05, 3.63) is 24.3 Å². The van der Waals surface area contributed by atoms with Crippen molar-refractivity contribution in [3.63, 3.8) is 0 Å². The molecule has 2 heterocycles. The third-order valence-electron chi connectivity index (χ3n) is 1.38. The fourth-order valence-corrected chi connectivity index (χ4v) is 0.874. The Balaban J connectivity index is 0.000000140. The molecule has 0 fully saturated rings. The number of hydrogen-bond donors (Lipinski definition) is 1. The van der Waals surface area contributed by atoms with Crippen molar-refractivity contribution in [3.8, 4) is 6.19 Å². The second-order valence-corrected chi connectivity index (χ2v) is 2.63. The standard InChI is InChI=1S/C6H4O.C3H3ClN2O/c1-2-6-4-3-5(1)7-6;4-1-3(7)6-2-5/h1-4H;1H2,(H,6,7). The first-order valence-electron chi connectivity index (χ1n) is 3.78. The van der Waals surface area contributed by atoms with E-state index in [9.17, 15) is 4.79 Å². The molecule has 0 saturated carbocycles. The van der Waals surface area contributed by atoms with Crippen LogP contribution in [0.15, 0.2) is 28.7 Å². The van der Waals surface area contributed by atoms with E-state index in [0.717, 1.165) is 11.2 Å². The highest BCUT2D eigenvalue weighted by Crippen LogP contribution is 2.13. The minimum absolute atomic E-state index is 0.159. The van der Waals surface area contributed by atoms with Gasteiger partial charge in [0, 0.05) is 0 Å². The summed E-state index contributed by atoms with van der Waals surface area (Å²) in [7, 11) is 0. The molecule has 0 atom stereocenters. The second-order valence-electron chi connectivity index (χ2n) is 2.37. The van der Waals surface area contributed by atoms with Crippen molar-refractivity contribution < 1.29 is 9.21 Å². The molecule has 2 rings (SSSR count). The fraction of sp³-hybridized carbons (Fsp3) is 0.111. The molecule has 0 aliphatic rings. The van der Waals surface area contributed by atoms with Crippen molar-refractivity contribution in [2.75, 3.05) is 5.88 Å². The van der Waals surface area contributed by atoms with E-state index in [1.165, 1.54) is 6.19 Å². The molecule has 4 nitrogen and oxygen atoms in total. The van der Waals surface area contributed by atoms with Gasteiger partial charge < -0.3 is 4.42 Å². The number of rotatable bonds is 1. The highest BCUT2D eigenvalue weighted by atomic mass is 35.5. The summed E-state index contributed by atoms with van der Waals surface area (Å²) in [6, 6.07) is 7.81. The Bertz CT molecular complexity index is 387. The number of nitrogens with one attached hydrogen (secondary N) is 1. The Hall–Kier alpha value is -1.73. The van der Waals surface area contributed by atoms with Crippen LogP contribution in [0.4, 0.5) is 0 Å². The highest BCUT2D eigenvalue weighted by Gasteiger charge is 1.91. The number of fused-ring (bicyclic) bond motifs is 2. The number of halogens is 1. The number of furan rings is 2. The van der Waals surface area contributed by atoms with Crippen LogP contribution in [0.3, 0.4) is 0 Å². The molecule has 2 aromatic heterocycles. The van der Waals surface area contributed by atoms with Crippen LogP contribution in [0.1, 0.15) is 0 Å². The number of benzene rings is 1. The number of alkyl halides is 1. The van der Waals surface area contributed by atoms with Gasteiger partial charge in [0.15, 0.2) is 6.19 Å². The van der Waals surface area contributed by atoms with Gasteiger partial charge in [0.05, 0.1) is 0 Å².